The van der Waals surface area contributed by atoms with Crippen LogP contribution in [0.3, 0.4) is 0 Å². The molecule has 0 saturated carbocycles. The van der Waals surface area contributed by atoms with Gasteiger partial charge in [-0.25, -0.2) is 9.67 Å². The number of rotatable bonds is 5. The van der Waals surface area contributed by atoms with Crippen molar-refractivity contribution in [1.82, 2.24) is 29.8 Å². The summed E-state index contributed by atoms with van der Waals surface area (Å²) >= 11 is 0. The highest BCUT2D eigenvalue weighted by Crippen LogP contribution is 2.16. The van der Waals surface area contributed by atoms with Gasteiger partial charge in [0.05, 0.1) is 24.1 Å². The Bertz CT molecular complexity index is 1010. The number of aromatic nitrogens is 4. The van der Waals surface area contributed by atoms with Crippen molar-refractivity contribution in [2.45, 2.75) is 13.5 Å². The van der Waals surface area contributed by atoms with Gasteiger partial charge in [-0.2, -0.15) is 10.2 Å². The lowest BCUT2D eigenvalue weighted by atomic mass is 10.2. The highest BCUT2D eigenvalue weighted by molar-refractivity contribution is 14.0. The topological polar surface area (TPSA) is 83.6 Å². The van der Waals surface area contributed by atoms with Gasteiger partial charge in [-0.15, -0.1) is 24.0 Å². The van der Waals surface area contributed by atoms with E-state index < -0.39 is 0 Å². The summed E-state index contributed by atoms with van der Waals surface area (Å²) in [5, 5.41) is 11.7. The fraction of sp³-hybridized carbons (Fsp3) is 0.333. The zero-order valence-electron chi connectivity index (χ0n) is 17.7. The van der Waals surface area contributed by atoms with Crippen molar-refractivity contribution in [3.63, 3.8) is 0 Å². The Hall–Kier alpha value is -2.89. The van der Waals surface area contributed by atoms with Crippen molar-refractivity contribution in [3.05, 3.63) is 60.7 Å². The number of aliphatic imine (C=N–C) groups is 1. The lowest BCUT2D eigenvalue weighted by Gasteiger charge is -2.35. The molecule has 0 aliphatic carbocycles. The zero-order chi connectivity index (χ0) is 20.9. The molecule has 1 aliphatic heterocycles. The van der Waals surface area contributed by atoms with Crippen molar-refractivity contribution >= 4 is 41.5 Å². The Labute approximate surface area is 198 Å². The third-order valence-electron chi connectivity index (χ3n) is 4.97. The molecule has 4 rings (SSSR count). The molecule has 3 heterocycles. The molecule has 1 fully saturated rings. The van der Waals surface area contributed by atoms with Crippen molar-refractivity contribution in [2.24, 2.45) is 12.0 Å². The maximum Gasteiger partial charge on any atom is 0.246 e. The van der Waals surface area contributed by atoms with E-state index in [-0.39, 0.29) is 29.9 Å². The number of hydrogen-bond acceptors (Lipinski definition) is 4. The Kier molecular flexibility index (Phi) is 7.66. The molecule has 164 valence electrons. The summed E-state index contributed by atoms with van der Waals surface area (Å²) in [6.07, 6.45) is 7.26. The van der Waals surface area contributed by atoms with Crippen LogP contribution in [0.5, 0.6) is 0 Å². The molecule has 1 aliphatic rings. The number of benzene rings is 1. The third kappa shape index (κ3) is 5.43. The number of aryl methyl sites for hydroxylation is 1. The molecule has 2 aromatic heterocycles. The molecule has 0 atom stereocenters. The van der Waals surface area contributed by atoms with Gasteiger partial charge in [0.2, 0.25) is 5.91 Å². The number of hydrogen-bond donors (Lipinski definition) is 1. The number of carbonyl (C=O) groups excluding carboxylic acids is 1. The van der Waals surface area contributed by atoms with E-state index in [0.717, 1.165) is 29.4 Å². The lowest BCUT2D eigenvalue weighted by molar-refractivity contribution is -0.120. The standard InChI is InChI=1S/C21H26N8O.HI/c1-3-22-21(23-13-17-5-7-18(8-6-17)29-10-4-9-24-29)27-11-12-28(20(30)16-27)19-14-25-26(2)15-19;/h4-10,14-15H,3,11-13,16H2,1-2H3,(H,22,23);1H. The number of carbonyl (C=O) groups is 1. The molecule has 0 bridgehead atoms. The number of piperazine rings is 1. The van der Waals surface area contributed by atoms with Crippen LogP contribution in [0.15, 0.2) is 60.1 Å². The summed E-state index contributed by atoms with van der Waals surface area (Å²) in [5.74, 6) is 0.802. The summed E-state index contributed by atoms with van der Waals surface area (Å²) in [7, 11) is 1.85. The number of guanidine groups is 1. The number of anilines is 1. The fourth-order valence-electron chi connectivity index (χ4n) is 3.44. The van der Waals surface area contributed by atoms with Crippen LogP contribution in [-0.2, 0) is 18.4 Å². The fourth-order valence-corrected chi connectivity index (χ4v) is 3.44. The summed E-state index contributed by atoms with van der Waals surface area (Å²) in [6.45, 7) is 4.92. The first-order valence-corrected chi connectivity index (χ1v) is 10.1. The first-order valence-electron chi connectivity index (χ1n) is 10.1. The van der Waals surface area contributed by atoms with Gasteiger partial charge >= 0.3 is 0 Å². The zero-order valence-corrected chi connectivity index (χ0v) is 20.0. The predicted molar refractivity (Wildman–Crippen MR) is 131 cm³/mol. The smallest absolute Gasteiger partial charge is 0.246 e. The van der Waals surface area contributed by atoms with E-state index in [4.69, 9.17) is 4.99 Å². The van der Waals surface area contributed by atoms with Gasteiger partial charge in [-0.1, -0.05) is 12.1 Å². The first kappa shape index (κ1) is 22.8. The Morgan fingerprint density at radius 2 is 1.97 bits per heavy atom. The second kappa shape index (κ2) is 10.4. The summed E-state index contributed by atoms with van der Waals surface area (Å²) in [4.78, 5) is 21.3. The maximum atomic E-state index is 12.7. The monoisotopic (exact) mass is 534 g/mol. The van der Waals surface area contributed by atoms with Gasteiger partial charge in [0.25, 0.3) is 0 Å². The molecule has 1 aromatic carbocycles. The Balaban J connectivity index is 0.00000272. The van der Waals surface area contributed by atoms with E-state index in [0.29, 0.717) is 26.2 Å². The van der Waals surface area contributed by atoms with Crippen molar-refractivity contribution in [1.29, 1.82) is 0 Å². The van der Waals surface area contributed by atoms with Crippen LogP contribution < -0.4 is 10.2 Å². The highest BCUT2D eigenvalue weighted by atomic mass is 127. The average molecular weight is 534 g/mol. The van der Waals surface area contributed by atoms with Crippen LogP contribution in [0.1, 0.15) is 12.5 Å². The van der Waals surface area contributed by atoms with Gasteiger partial charge in [0.15, 0.2) is 5.96 Å². The molecular weight excluding hydrogens is 507 g/mol. The summed E-state index contributed by atoms with van der Waals surface area (Å²) in [6, 6.07) is 10.1. The lowest BCUT2D eigenvalue weighted by Crippen LogP contribution is -2.55. The van der Waals surface area contributed by atoms with Gasteiger partial charge in [-0.05, 0) is 30.7 Å². The summed E-state index contributed by atoms with van der Waals surface area (Å²) < 4.78 is 3.53. The third-order valence-corrected chi connectivity index (χ3v) is 4.97. The van der Waals surface area contributed by atoms with Crippen LogP contribution >= 0.6 is 24.0 Å². The quantitative estimate of drug-likeness (QED) is 0.308. The number of nitrogens with zero attached hydrogens (tertiary/aromatic N) is 7. The number of amides is 1. The largest absolute Gasteiger partial charge is 0.356 e. The van der Waals surface area contributed by atoms with E-state index in [9.17, 15) is 4.79 Å². The molecule has 1 saturated heterocycles. The van der Waals surface area contributed by atoms with Gasteiger partial charge in [0, 0.05) is 45.3 Å². The summed E-state index contributed by atoms with van der Waals surface area (Å²) in [5.41, 5.74) is 2.94. The van der Waals surface area contributed by atoms with Crippen LogP contribution in [-0.4, -0.2) is 62.5 Å². The SMILES string of the molecule is CCNC(=NCc1ccc(-n2cccn2)cc1)N1CCN(c2cnn(C)c2)C(=O)C1.I. The molecule has 0 spiro atoms. The maximum absolute atomic E-state index is 12.7. The number of halogens is 1. The van der Waals surface area contributed by atoms with Crippen LogP contribution in [0.4, 0.5) is 5.69 Å². The van der Waals surface area contributed by atoms with Crippen LogP contribution in [0, 0.1) is 0 Å². The van der Waals surface area contributed by atoms with E-state index in [1.54, 1.807) is 22.0 Å². The van der Waals surface area contributed by atoms with E-state index >= 15 is 0 Å². The molecule has 10 heteroatoms. The van der Waals surface area contributed by atoms with E-state index in [2.05, 4.69) is 27.6 Å². The van der Waals surface area contributed by atoms with E-state index in [1.165, 1.54) is 0 Å². The average Bonchev–Trinajstić information content (AvgIpc) is 3.43. The second-order valence-electron chi connectivity index (χ2n) is 7.13. The van der Waals surface area contributed by atoms with Gasteiger partial charge in [0.1, 0.15) is 6.54 Å². The molecule has 31 heavy (non-hydrogen) atoms. The molecule has 3 aromatic rings. The molecular formula is C21H27IN8O. The molecule has 9 nitrogen and oxygen atoms in total. The Morgan fingerprint density at radius 3 is 2.58 bits per heavy atom. The van der Waals surface area contributed by atoms with Crippen LogP contribution in [0.25, 0.3) is 5.69 Å². The van der Waals surface area contributed by atoms with Gasteiger partial charge in [-0.3, -0.25) is 9.48 Å². The molecule has 1 N–H and O–H groups in total. The second-order valence-corrected chi connectivity index (χ2v) is 7.13. The van der Waals surface area contributed by atoms with Crippen molar-refractivity contribution in [3.8, 4) is 5.69 Å². The molecule has 1 amide bonds. The minimum Gasteiger partial charge on any atom is -0.356 e. The highest BCUT2D eigenvalue weighted by Gasteiger charge is 2.27. The van der Waals surface area contributed by atoms with E-state index in [1.807, 2.05) is 54.1 Å². The number of nitrogens with one attached hydrogen (secondary N) is 1. The van der Waals surface area contributed by atoms with Crippen molar-refractivity contribution in [2.75, 3.05) is 31.1 Å². The first-order chi connectivity index (χ1) is 14.6. The molecule has 0 radical (unpaired) electrons. The predicted octanol–water partition coefficient (Wildman–Crippen LogP) is 2.04. The van der Waals surface area contributed by atoms with Gasteiger partial charge < -0.3 is 15.1 Å². The normalized spacial score (nSPS) is 14.5. The van der Waals surface area contributed by atoms with Crippen LogP contribution in [0.2, 0.25) is 0 Å². The Morgan fingerprint density at radius 1 is 1.16 bits per heavy atom. The minimum atomic E-state index is 0. The molecule has 0 unspecified atom stereocenters. The van der Waals surface area contributed by atoms with Crippen molar-refractivity contribution < 1.29 is 4.79 Å². The minimum absolute atomic E-state index is 0.